The summed E-state index contributed by atoms with van der Waals surface area (Å²) in [6.45, 7) is 6.23. The predicted octanol–water partition coefficient (Wildman–Crippen LogP) is 2.87. The van der Waals surface area contributed by atoms with E-state index in [9.17, 15) is 0 Å². The second-order valence-electron chi connectivity index (χ2n) is 5.05. The normalized spacial score (nSPS) is 11.0. The summed E-state index contributed by atoms with van der Waals surface area (Å²) < 4.78 is 5.16. The van der Waals surface area contributed by atoms with Crippen LogP contribution in [0.3, 0.4) is 0 Å². The van der Waals surface area contributed by atoms with Crippen molar-refractivity contribution in [1.29, 1.82) is 5.26 Å². The molecule has 0 fully saturated rings. The Labute approximate surface area is 110 Å². The molecule has 0 aliphatic carbocycles. The first-order valence-electron chi connectivity index (χ1n) is 6.32. The number of methoxy groups -OCH3 is 1. The zero-order chi connectivity index (χ0) is 13.4. The van der Waals surface area contributed by atoms with Crippen LogP contribution in [0.25, 0.3) is 0 Å². The number of hydrogen-bond donors (Lipinski definition) is 1. The minimum Gasteiger partial charge on any atom is -0.497 e. The van der Waals surface area contributed by atoms with E-state index in [0.29, 0.717) is 6.42 Å². The first-order valence-corrected chi connectivity index (χ1v) is 6.32. The van der Waals surface area contributed by atoms with Gasteiger partial charge >= 0.3 is 0 Å². The Hall–Kier alpha value is -1.53. The molecular weight excluding hydrogens is 224 g/mol. The van der Waals surface area contributed by atoms with E-state index >= 15 is 0 Å². The van der Waals surface area contributed by atoms with Crippen LogP contribution in [-0.2, 0) is 5.41 Å². The molecule has 0 saturated heterocycles. The Morgan fingerprint density at radius 1 is 1.28 bits per heavy atom. The molecule has 0 spiro atoms. The molecule has 0 bridgehead atoms. The highest BCUT2D eigenvalue weighted by atomic mass is 16.5. The van der Waals surface area contributed by atoms with Gasteiger partial charge in [0, 0.05) is 18.4 Å². The lowest BCUT2D eigenvalue weighted by molar-refractivity contribution is 0.413. The third-order valence-electron chi connectivity index (χ3n) is 3.08. The van der Waals surface area contributed by atoms with Gasteiger partial charge in [0.05, 0.1) is 13.2 Å². The Morgan fingerprint density at radius 3 is 2.50 bits per heavy atom. The highest BCUT2D eigenvalue weighted by Crippen LogP contribution is 2.24. The van der Waals surface area contributed by atoms with Crippen molar-refractivity contribution in [3.63, 3.8) is 0 Å². The number of benzene rings is 1. The summed E-state index contributed by atoms with van der Waals surface area (Å²) >= 11 is 0. The summed E-state index contributed by atoms with van der Waals surface area (Å²) in [6, 6.07) is 10.4. The molecule has 0 atom stereocenters. The zero-order valence-corrected chi connectivity index (χ0v) is 11.5. The van der Waals surface area contributed by atoms with E-state index in [4.69, 9.17) is 10.00 Å². The van der Waals surface area contributed by atoms with Crippen LogP contribution in [0.4, 0.5) is 0 Å². The van der Waals surface area contributed by atoms with Crippen molar-refractivity contribution < 1.29 is 4.74 Å². The molecule has 0 radical (unpaired) electrons. The van der Waals surface area contributed by atoms with Gasteiger partial charge in [0.2, 0.25) is 0 Å². The fourth-order valence-electron chi connectivity index (χ4n) is 1.84. The molecule has 1 aromatic rings. The zero-order valence-electron chi connectivity index (χ0n) is 11.5. The van der Waals surface area contributed by atoms with E-state index < -0.39 is 0 Å². The van der Waals surface area contributed by atoms with Crippen LogP contribution in [0.15, 0.2) is 24.3 Å². The van der Waals surface area contributed by atoms with Gasteiger partial charge in [0.25, 0.3) is 0 Å². The number of unbranched alkanes of at least 4 members (excludes halogenated alkanes) is 1. The average Bonchev–Trinajstić information content (AvgIpc) is 2.38. The van der Waals surface area contributed by atoms with Gasteiger partial charge < -0.3 is 10.1 Å². The summed E-state index contributed by atoms with van der Waals surface area (Å²) in [6.07, 6.45) is 1.53. The minimum absolute atomic E-state index is 0.0823. The Balaban J connectivity index is 2.48. The Morgan fingerprint density at radius 2 is 1.94 bits per heavy atom. The smallest absolute Gasteiger partial charge is 0.118 e. The number of rotatable bonds is 7. The molecular formula is C15H22N2O. The minimum atomic E-state index is 0.0823. The summed E-state index contributed by atoms with van der Waals surface area (Å²) in [5, 5.41) is 11.9. The van der Waals surface area contributed by atoms with Crippen molar-refractivity contribution >= 4 is 0 Å². The molecule has 0 unspecified atom stereocenters. The Bertz CT molecular complexity index is 390. The third-order valence-corrected chi connectivity index (χ3v) is 3.08. The molecule has 18 heavy (non-hydrogen) atoms. The SMILES string of the molecule is COc1ccc(C(C)(C)CNCCCC#N)cc1. The molecule has 98 valence electrons. The summed E-state index contributed by atoms with van der Waals surface area (Å²) in [4.78, 5) is 0. The van der Waals surface area contributed by atoms with Gasteiger partial charge in [-0.05, 0) is 30.7 Å². The maximum absolute atomic E-state index is 8.46. The van der Waals surface area contributed by atoms with Gasteiger partial charge in [-0.25, -0.2) is 0 Å². The largest absolute Gasteiger partial charge is 0.497 e. The van der Waals surface area contributed by atoms with E-state index in [2.05, 4.69) is 37.4 Å². The van der Waals surface area contributed by atoms with Gasteiger partial charge in [0.15, 0.2) is 0 Å². The van der Waals surface area contributed by atoms with E-state index in [0.717, 1.165) is 25.3 Å². The molecule has 1 rings (SSSR count). The van der Waals surface area contributed by atoms with Crippen molar-refractivity contribution in [2.45, 2.75) is 32.1 Å². The number of hydrogen-bond acceptors (Lipinski definition) is 3. The van der Waals surface area contributed by atoms with Crippen LogP contribution < -0.4 is 10.1 Å². The first kappa shape index (κ1) is 14.5. The first-order chi connectivity index (χ1) is 8.60. The lowest BCUT2D eigenvalue weighted by Gasteiger charge is -2.26. The molecule has 0 aliphatic rings. The van der Waals surface area contributed by atoms with E-state index in [1.807, 2.05) is 12.1 Å². The Kier molecular flexibility index (Phi) is 5.67. The van der Waals surface area contributed by atoms with E-state index in [1.54, 1.807) is 7.11 Å². The van der Waals surface area contributed by atoms with Crippen LogP contribution in [0, 0.1) is 11.3 Å². The molecule has 0 aliphatic heterocycles. The molecule has 0 amide bonds. The van der Waals surface area contributed by atoms with Crippen LogP contribution >= 0.6 is 0 Å². The predicted molar refractivity (Wildman–Crippen MR) is 73.7 cm³/mol. The summed E-state index contributed by atoms with van der Waals surface area (Å²) in [7, 11) is 1.68. The van der Waals surface area contributed by atoms with E-state index in [1.165, 1.54) is 5.56 Å². The molecule has 3 nitrogen and oxygen atoms in total. The van der Waals surface area contributed by atoms with Crippen LogP contribution in [0.1, 0.15) is 32.3 Å². The maximum atomic E-state index is 8.46. The fourth-order valence-corrected chi connectivity index (χ4v) is 1.84. The van der Waals surface area contributed by atoms with Gasteiger partial charge in [-0.3, -0.25) is 0 Å². The second-order valence-corrected chi connectivity index (χ2v) is 5.05. The number of nitrogens with zero attached hydrogens (tertiary/aromatic N) is 1. The number of nitrogens with one attached hydrogen (secondary N) is 1. The van der Waals surface area contributed by atoms with Crippen molar-refractivity contribution in [1.82, 2.24) is 5.32 Å². The standard InChI is InChI=1S/C15H22N2O/c1-15(2,12-17-11-5-4-10-16)13-6-8-14(18-3)9-7-13/h6-9,17H,4-5,11-12H2,1-3H3. The fraction of sp³-hybridized carbons (Fsp3) is 0.533. The second kappa shape index (κ2) is 7.03. The highest BCUT2D eigenvalue weighted by Gasteiger charge is 2.19. The summed E-state index contributed by atoms with van der Waals surface area (Å²) in [5.74, 6) is 0.886. The summed E-state index contributed by atoms with van der Waals surface area (Å²) in [5.41, 5.74) is 1.37. The van der Waals surface area contributed by atoms with Crippen molar-refractivity contribution in [3.05, 3.63) is 29.8 Å². The quantitative estimate of drug-likeness (QED) is 0.752. The van der Waals surface area contributed by atoms with Crippen molar-refractivity contribution in [3.8, 4) is 11.8 Å². The third kappa shape index (κ3) is 4.38. The topological polar surface area (TPSA) is 45.0 Å². The molecule has 0 aromatic heterocycles. The highest BCUT2D eigenvalue weighted by molar-refractivity contribution is 5.31. The molecule has 1 N–H and O–H groups in total. The van der Waals surface area contributed by atoms with E-state index in [-0.39, 0.29) is 5.41 Å². The van der Waals surface area contributed by atoms with Crippen molar-refractivity contribution in [2.75, 3.05) is 20.2 Å². The average molecular weight is 246 g/mol. The lowest BCUT2D eigenvalue weighted by atomic mass is 9.84. The maximum Gasteiger partial charge on any atom is 0.118 e. The van der Waals surface area contributed by atoms with Gasteiger partial charge in [-0.1, -0.05) is 26.0 Å². The monoisotopic (exact) mass is 246 g/mol. The van der Waals surface area contributed by atoms with Crippen molar-refractivity contribution in [2.24, 2.45) is 0 Å². The van der Waals surface area contributed by atoms with Gasteiger partial charge in [0.1, 0.15) is 5.75 Å². The van der Waals surface area contributed by atoms with Crippen LogP contribution in [-0.4, -0.2) is 20.2 Å². The molecule has 0 heterocycles. The number of nitriles is 1. The molecule has 0 saturated carbocycles. The van der Waals surface area contributed by atoms with Gasteiger partial charge in [-0.2, -0.15) is 5.26 Å². The lowest BCUT2D eigenvalue weighted by Crippen LogP contribution is -2.33. The molecule has 3 heteroatoms. The molecule has 1 aromatic carbocycles. The number of ether oxygens (including phenoxy) is 1. The van der Waals surface area contributed by atoms with Gasteiger partial charge in [-0.15, -0.1) is 0 Å². The van der Waals surface area contributed by atoms with Crippen LogP contribution in [0.2, 0.25) is 0 Å². The van der Waals surface area contributed by atoms with Crippen LogP contribution in [0.5, 0.6) is 5.75 Å².